The molecule has 1 aromatic heterocycles. The minimum absolute atomic E-state index is 0.0516. The number of aromatic nitrogens is 1. The lowest BCUT2D eigenvalue weighted by atomic mass is 10.2. The van der Waals surface area contributed by atoms with Gasteiger partial charge in [0.05, 0.1) is 5.69 Å². The molecule has 1 N–H and O–H groups in total. The Kier molecular flexibility index (Phi) is 3.76. The van der Waals surface area contributed by atoms with Crippen molar-refractivity contribution in [1.29, 1.82) is 0 Å². The van der Waals surface area contributed by atoms with Crippen LogP contribution in [-0.2, 0) is 0 Å². The summed E-state index contributed by atoms with van der Waals surface area (Å²) >= 11 is 5.79. The molecule has 0 unspecified atom stereocenters. The number of nitrogens with one attached hydrogen (secondary N) is 1. The van der Waals surface area contributed by atoms with E-state index in [1.807, 2.05) is 0 Å². The number of benzene rings is 1. The van der Waals surface area contributed by atoms with Crippen molar-refractivity contribution in [2.45, 2.75) is 6.92 Å². The number of amides is 1. The number of carbonyl (C=O) groups excluding carboxylic acids is 1. The standard InChI is InChI=1S/C13H9ClF2N2O/c1-7-5-10(12(14)17-6-7)18-13(19)11-8(15)3-2-4-9(11)16/h2-6H,1H3,(H,18,19). The summed E-state index contributed by atoms with van der Waals surface area (Å²) in [5.41, 5.74) is 0.308. The molecule has 0 bridgehead atoms. The zero-order chi connectivity index (χ0) is 14.0. The molecule has 1 amide bonds. The number of nitrogens with zero attached hydrogens (tertiary/aromatic N) is 1. The van der Waals surface area contributed by atoms with Crippen LogP contribution in [-0.4, -0.2) is 10.9 Å². The second kappa shape index (κ2) is 5.32. The van der Waals surface area contributed by atoms with Crippen molar-refractivity contribution in [1.82, 2.24) is 4.98 Å². The number of carbonyl (C=O) groups is 1. The lowest BCUT2D eigenvalue weighted by molar-refractivity contribution is 0.101. The van der Waals surface area contributed by atoms with E-state index in [2.05, 4.69) is 10.3 Å². The van der Waals surface area contributed by atoms with Crippen molar-refractivity contribution in [2.24, 2.45) is 0 Å². The molecule has 0 aliphatic heterocycles. The zero-order valence-electron chi connectivity index (χ0n) is 9.88. The van der Waals surface area contributed by atoms with Crippen LogP contribution in [0.5, 0.6) is 0 Å². The molecule has 0 saturated carbocycles. The normalized spacial score (nSPS) is 10.3. The maximum Gasteiger partial charge on any atom is 0.261 e. The van der Waals surface area contributed by atoms with E-state index in [1.54, 1.807) is 13.0 Å². The summed E-state index contributed by atoms with van der Waals surface area (Å²) in [6.07, 6.45) is 1.52. The maximum absolute atomic E-state index is 13.4. The SMILES string of the molecule is Cc1cnc(Cl)c(NC(=O)c2c(F)cccc2F)c1. The molecular formula is C13H9ClF2N2O. The Labute approximate surface area is 113 Å². The summed E-state index contributed by atoms with van der Waals surface area (Å²) < 4.78 is 26.9. The molecular weight excluding hydrogens is 274 g/mol. The van der Waals surface area contributed by atoms with E-state index in [1.165, 1.54) is 12.3 Å². The number of anilines is 1. The molecule has 0 atom stereocenters. The summed E-state index contributed by atoms with van der Waals surface area (Å²) in [4.78, 5) is 15.7. The minimum Gasteiger partial charge on any atom is -0.319 e. The summed E-state index contributed by atoms with van der Waals surface area (Å²) in [6, 6.07) is 4.76. The van der Waals surface area contributed by atoms with Gasteiger partial charge in [-0.15, -0.1) is 0 Å². The van der Waals surface area contributed by atoms with Gasteiger partial charge in [0, 0.05) is 6.20 Å². The molecule has 0 aliphatic carbocycles. The second-order valence-electron chi connectivity index (χ2n) is 3.90. The number of rotatable bonds is 2. The average Bonchev–Trinajstić information content (AvgIpc) is 2.33. The Morgan fingerprint density at radius 2 is 1.95 bits per heavy atom. The summed E-state index contributed by atoms with van der Waals surface area (Å²) in [5, 5.41) is 2.39. The van der Waals surface area contributed by atoms with Crippen molar-refractivity contribution in [3.05, 3.63) is 58.4 Å². The predicted octanol–water partition coefficient (Wildman–Crippen LogP) is 3.57. The Bertz CT molecular complexity index is 626. The highest BCUT2D eigenvalue weighted by atomic mass is 35.5. The van der Waals surface area contributed by atoms with Gasteiger partial charge in [-0.05, 0) is 30.7 Å². The fraction of sp³-hybridized carbons (Fsp3) is 0.0769. The third-order valence-electron chi connectivity index (χ3n) is 2.41. The molecule has 0 saturated heterocycles. The third-order valence-corrected chi connectivity index (χ3v) is 2.72. The molecule has 0 aliphatic rings. The predicted molar refractivity (Wildman–Crippen MR) is 68.3 cm³/mol. The Morgan fingerprint density at radius 3 is 2.58 bits per heavy atom. The van der Waals surface area contributed by atoms with Crippen molar-refractivity contribution in [3.63, 3.8) is 0 Å². The lowest BCUT2D eigenvalue weighted by Gasteiger charge is -2.08. The Morgan fingerprint density at radius 1 is 1.32 bits per heavy atom. The average molecular weight is 283 g/mol. The van der Waals surface area contributed by atoms with Gasteiger partial charge in [-0.1, -0.05) is 17.7 Å². The topological polar surface area (TPSA) is 42.0 Å². The molecule has 6 heteroatoms. The van der Waals surface area contributed by atoms with E-state index in [4.69, 9.17) is 11.6 Å². The number of hydrogen-bond donors (Lipinski definition) is 1. The number of hydrogen-bond acceptors (Lipinski definition) is 2. The lowest BCUT2D eigenvalue weighted by Crippen LogP contribution is -2.16. The number of aryl methyl sites for hydroxylation is 1. The van der Waals surface area contributed by atoms with Crippen LogP contribution in [0.4, 0.5) is 14.5 Å². The first-order chi connectivity index (χ1) is 8.99. The Balaban J connectivity index is 2.34. The van der Waals surface area contributed by atoms with Crippen molar-refractivity contribution >= 4 is 23.2 Å². The zero-order valence-corrected chi connectivity index (χ0v) is 10.6. The summed E-state index contributed by atoms with van der Waals surface area (Å²) in [6.45, 7) is 1.75. The van der Waals surface area contributed by atoms with E-state index >= 15 is 0 Å². The van der Waals surface area contributed by atoms with Gasteiger partial charge in [0.15, 0.2) is 5.15 Å². The molecule has 1 heterocycles. The van der Waals surface area contributed by atoms with Crippen molar-refractivity contribution < 1.29 is 13.6 Å². The van der Waals surface area contributed by atoms with Gasteiger partial charge in [-0.3, -0.25) is 4.79 Å². The number of halogens is 3. The van der Waals surface area contributed by atoms with E-state index < -0.39 is 23.1 Å². The molecule has 3 nitrogen and oxygen atoms in total. The van der Waals surface area contributed by atoms with Gasteiger partial charge < -0.3 is 5.32 Å². The fourth-order valence-electron chi connectivity index (χ4n) is 1.54. The smallest absolute Gasteiger partial charge is 0.261 e. The van der Waals surface area contributed by atoms with Gasteiger partial charge >= 0.3 is 0 Å². The van der Waals surface area contributed by atoms with Gasteiger partial charge in [0.2, 0.25) is 0 Å². The minimum atomic E-state index is -0.936. The fourth-order valence-corrected chi connectivity index (χ4v) is 1.69. The Hall–Kier alpha value is -2.01. The first-order valence-corrected chi connectivity index (χ1v) is 5.74. The molecule has 19 heavy (non-hydrogen) atoms. The molecule has 0 spiro atoms. The van der Waals surface area contributed by atoms with Gasteiger partial charge in [-0.25, -0.2) is 13.8 Å². The van der Waals surface area contributed by atoms with Crippen LogP contribution in [0.3, 0.4) is 0 Å². The van der Waals surface area contributed by atoms with Gasteiger partial charge in [0.1, 0.15) is 17.2 Å². The summed E-state index contributed by atoms with van der Waals surface area (Å²) in [5.74, 6) is -2.78. The largest absolute Gasteiger partial charge is 0.319 e. The molecule has 1 aromatic carbocycles. The first-order valence-electron chi connectivity index (χ1n) is 5.36. The van der Waals surface area contributed by atoms with E-state index in [0.29, 0.717) is 0 Å². The van der Waals surface area contributed by atoms with Crippen LogP contribution in [0.1, 0.15) is 15.9 Å². The molecule has 0 fully saturated rings. The van der Waals surface area contributed by atoms with Crippen LogP contribution in [0.15, 0.2) is 30.5 Å². The van der Waals surface area contributed by atoms with Crippen molar-refractivity contribution in [3.8, 4) is 0 Å². The molecule has 98 valence electrons. The second-order valence-corrected chi connectivity index (χ2v) is 4.26. The van der Waals surface area contributed by atoms with E-state index in [0.717, 1.165) is 17.7 Å². The molecule has 0 radical (unpaired) electrons. The quantitative estimate of drug-likeness (QED) is 0.856. The highest BCUT2D eigenvalue weighted by molar-refractivity contribution is 6.32. The van der Waals surface area contributed by atoms with Crippen molar-refractivity contribution in [2.75, 3.05) is 5.32 Å². The highest BCUT2D eigenvalue weighted by Gasteiger charge is 2.18. The van der Waals surface area contributed by atoms with Crippen LogP contribution in [0.25, 0.3) is 0 Å². The first kappa shape index (κ1) is 13.4. The van der Waals surface area contributed by atoms with Gasteiger partial charge in [0.25, 0.3) is 5.91 Å². The van der Waals surface area contributed by atoms with Crippen LogP contribution >= 0.6 is 11.6 Å². The third kappa shape index (κ3) is 2.88. The monoisotopic (exact) mass is 282 g/mol. The summed E-state index contributed by atoms with van der Waals surface area (Å²) in [7, 11) is 0. The van der Waals surface area contributed by atoms with Gasteiger partial charge in [-0.2, -0.15) is 0 Å². The molecule has 2 aromatic rings. The molecule has 2 rings (SSSR count). The maximum atomic E-state index is 13.4. The van der Waals surface area contributed by atoms with Crippen LogP contribution < -0.4 is 5.32 Å². The number of pyridine rings is 1. The van der Waals surface area contributed by atoms with E-state index in [-0.39, 0.29) is 10.8 Å². The van der Waals surface area contributed by atoms with Crippen LogP contribution in [0, 0.1) is 18.6 Å². The van der Waals surface area contributed by atoms with E-state index in [9.17, 15) is 13.6 Å². The van der Waals surface area contributed by atoms with Crippen LogP contribution in [0.2, 0.25) is 5.15 Å². The highest BCUT2D eigenvalue weighted by Crippen LogP contribution is 2.21.